The molecule has 2 aliphatic rings. The Balaban J connectivity index is 1.62. The average molecular weight is 415 g/mol. The zero-order valence-electron chi connectivity index (χ0n) is 17.0. The number of fused-ring (bicyclic) bond motifs is 1. The van der Waals surface area contributed by atoms with E-state index in [1.54, 1.807) is 4.90 Å². The molecule has 154 valence electrons. The van der Waals surface area contributed by atoms with Crippen molar-refractivity contribution in [1.29, 1.82) is 0 Å². The third-order valence-electron chi connectivity index (χ3n) is 5.58. The van der Waals surface area contributed by atoms with E-state index in [-0.39, 0.29) is 23.4 Å². The fourth-order valence-electron chi connectivity index (χ4n) is 4.07. The molecule has 8 heteroatoms. The minimum atomic E-state index is -0.485. The van der Waals surface area contributed by atoms with E-state index in [0.29, 0.717) is 48.0 Å². The predicted octanol–water partition coefficient (Wildman–Crippen LogP) is 2.74. The molecule has 1 fully saturated rings. The summed E-state index contributed by atoms with van der Waals surface area (Å²) >= 11 is 1.41. The lowest BCUT2D eigenvalue weighted by atomic mass is 9.94. The van der Waals surface area contributed by atoms with Gasteiger partial charge in [-0.1, -0.05) is 26.8 Å². The van der Waals surface area contributed by atoms with Crippen molar-refractivity contribution in [3.05, 3.63) is 49.8 Å². The first-order valence-electron chi connectivity index (χ1n) is 10.0. The highest BCUT2D eigenvalue weighted by atomic mass is 32.1. The van der Waals surface area contributed by atoms with Gasteiger partial charge in [-0.15, -0.1) is 11.3 Å². The number of aromatic nitrogens is 2. The number of rotatable bonds is 2. The number of hydrogen-bond donors (Lipinski definition) is 1. The first-order chi connectivity index (χ1) is 13.8. The van der Waals surface area contributed by atoms with Crippen LogP contribution in [0, 0.1) is 5.41 Å². The molecule has 2 aliphatic heterocycles. The molecule has 4 heterocycles. The summed E-state index contributed by atoms with van der Waals surface area (Å²) in [5.74, 6) is 0.573. The van der Waals surface area contributed by atoms with Crippen LogP contribution in [0.2, 0.25) is 0 Å². The van der Waals surface area contributed by atoms with Crippen LogP contribution in [0.25, 0.3) is 0 Å². The van der Waals surface area contributed by atoms with Gasteiger partial charge in [-0.3, -0.25) is 14.4 Å². The molecule has 2 aromatic heterocycles. The van der Waals surface area contributed by atoms with Crippen molar-refractivity contribution < 1.29 is 9.59 Å². The van der Waals surface area contributed by atoms with E-state index in [1.165, 1.54) is 11.3 Å². The lowest BCUT2D eigenvalue weighted by molar-refractivity contribution is -0.140. The molecular formula is C21H26N4O3S. The standard InChI is InChI=1S/C21H26N4O3S/c1-21(2,3)20(28)25-9-4-6-15(25)17-22-14-12-24(10-8-13(14)18(26)23-17)19(27)16-7-5-11-29-16/h5,7,11,15H,4,6,8-10,12H2,1-3H3,(H,22,23,26)/t15-/m0/s1. The van der Waals surface area contributed by atoms with Gasteiger partial charge >= 0.3 is 0 Å². The number of carbonyl (C=O) groups excluding carboxylic acids is 2. The molecule has 29 heavy (non-hydrogen) atoms. The smallest absolute Gasteiger partial charge is 0.264 e. The van der Waals surface area contributed by atoms with Gasteiger partial charge in [0.05, 0.1) is 23.2 Å². The Bertz CT molecular complexity index is 990. The number of likely N-dealkylation sites (tertiary alicyclic amines) is 1. The Hall–Kier alpha value is -2.48. The summed E-state index contributed by atoms with van der Waals surface area (Å²) in [6.07, 6.45) is 2.15. The predicted molar refractivity (Wildman–Crippen MR) is 111 cm³/mol. The molecule has 0 saturated carbocycles. The molecule has 0 bridgehead atoms. The highest BCUT2D eigenvalue weighted by Crippen LogP contribution is 2.34. The molecular weight excluding hydrogens is 388 g/mol. The van der Waals surface area contributed by atoms with Gasteiger partial charge in [0, 0.05) is 24.1 Å². The van der Waals surface area contributed by atoms with Crippen LogP contribution in [0.15, 0.2) is 22.3 Å². The van der Waals surface area contributed by atoms with Gasteiger partial charge in [0.1, 0.15) is 5.82 Å². The summed E-state index contributed by atoms with van der Waals surface area (Å²) < 4.78 is 0. The molecule has 4 rings (SSSR count). The number of amides is 2. The van der Waals surface area contributed by atoms with Crippen molar-refractivity contribution in [2.45, 2.75) is 52.6 Å². The minimum absolute atomic E-state index is 0.0281. The highest BCUT2D eigenvalue weighted by molar-refractivity contribution is 7.12. The van der Waals surface area contributed by atoms with Gasteiger partial charge in [0.2, 0.25) is 5.91 Å². The fourth-order valence-corrected chi connectivity index (χ4v) is 4.76. The molecule has 0 spiro atoms. The molecule has 2 aromatic rings. The second kappa shape index (κ2) is 7.40. The van der Waals surface area contributed by atoms with E-state index in [9.17, 15) is 14.4 Å². The molecule has 0 aromatic carbocycles. The van der Waals surface area contributed by atoms with E-state index >= 15 is 0 Å². The van der Waals surface area contributed by atoms with Crippen molar-refractivity contribution >= 4 is 23.2 Å². The summed E-state index contributed by atoms with van der Waals surface area (Å²) in [5, 5.41) is 1.88. The normalized spacial score (nSPS) is 19.3. The van der Waals surface area contributed by atoms with Crippen LogP contribution in [-0.4, -0.2) is 44.7 Å². The molecule has 0 unspecified atom stereocenters. The number of hydrogen-bond acceptors (Lipinski definition) is 5. The Morgan fingerprint density at radius 1 is 1.28 bits per heavy atom. The molecule has 1 atom stereocenters. The molecule has 1 N–H and O–H groups in total. The van der Waals surface area contributed by atoms with Gasteiger partial charge in [0.25, 0.3) is 11.5 Å². The highest BCUT2D eigenvalue weighted by Gasteiger charge is 2.37. The largest absolute Gasteiger partial charge is 0.332 e. The van der Waals surface area contributed by atoms with Gasteiger partial charge < -0.3 is 14.8 Å². The number of nitrogens with zero attached hydrogens (tertiary/aromatic N) is 3. The first-order valence-corrected chi connectivity index (χ1v) is 10.9. The van der Waals surface area contributed by atoms with Crippen LogP contribution in [-0.2, 0) is 17.8 Å². The van der Waals surface area contributed by atoms with Gasteiger partial charge in [-0.25, -0.2) is 4.98 Å². The molecule has 2 amide bonds. The van der Waals surface area contributed by atoms with Crippen LogP contribution < -0.4 is 5.56 Å². The van der Waals surface area contributed by atoms with Crippen molar-refractivity contribution in [2.24, 2.45) is 5.41 Å². The molecule has 1 saturated heterocycles. The van der Waals surface area contributed by atoms with Crippen LogP contribution in [0.4, 0.5) is 0 Å². The van der Waals surface area contributed by atoms with E-state index in [4.69, 9.17) is 4.98 Å². The van der Waals surface area contributed by atoms with Crippen LogP contribution in [0.1, 0.15) is 66.4 Å². The van der Waals surface area contributed by atoms with E-state index in [2.05, 4.69) is 4.98 Å². The number of aromatic amines is 1. The Morgan fingerprint density at radius 2 is 2.07 bits per heavy atom. The van der Waals surface area contributed by atoms with Crippen LogP contribution in [0.3, 0.4) is 0 Å². The van der Waals surface area contributed by atoms with Crippen molar-refractivity contribution in [3.63, 3.8) is 0 Å². The fraction of sp³-hybridized carbons (Fsp3) is 0.524. The molecule has 7 nitrogen and oxygen atoms in total. The minimum Gasteiger partial charge on any atom is -0.332 e. The quantitative estimate of drug-likeness (QED) is 0.819. The second-order valence-electron chi connectivity index (χ2n) is 8.74. The lowest BCUT2D eigenvalue weighted by Crippen LogP contribution is -2.42. The third kappa shape index (κ3) is 3.73. The summed E-state index contributed by atoms with van der Waals surface area (Å²) in [5.41, 5.74) is 0.662. The van der Waals surface area contributed by atoms with E-state index < -0.39 is 5.41 Å². The Kier molecular flexibility index (Phi) is 5.06. The Morgan fingerprint density at radius 3 is 2.76 bits per heavy atom. The van der Waals surface area contributed by atoms with Crippen molar-refractivity contribution in [1.82, 2.24) is 19.8 Å². The second-order valence-corrected chi connectivity index (χ2v) is 9.68. The average Bonchev–Trinajstić information content (AvgIpc) is 3.37. The molecule has 0 aliphatic carbocycles. The third-order valence-corrected chi connectivity index (χ3v) is 6.44. The maximum atomic E-state index is 12.9. The maximum Gasteiger partial charge on any atom is 0.264 e. The molecule has 0 radical (unpaired) electrons. The van der Waals surface area contributed by atoms with Gasteiger partial charge in [-0.2, -0.15) is 0 Å². The van der Waals surface area contributed by atoms with Crippen LogP contribution >= 0.6 is 11.3 Å². The monoisotopic (exact) mass is 414 g/mol. The zero-order chi connectivity index (χ0) is 20.8. The zero-order valence-corrected chi connectivity index (χ0v) is 17.8. The number of thiophene rings is 1. The van der Waals surface area contributed by atoms with Gasteiger partial charge in [0.15, 0.2) is 0 Å². The topological polar surface area (TPSA) is 86.4 Å². The SMILES string of the molecule is CC(C)(C)C(=O)N1CCC[C@H]1c1nc2c(c(=O)[nH]1)CCN(C(=O)c1cccs1)C2. The van der Waals surface area contributed by atoms with E-state index in [1.807, 2.05) is 43.2 Å². The number of carbonyl (C=O) groups is 2. The number of H-pyrrole nitrogens is 1. The summed E-state index contributed by atoms with van der Waals surface area (Å²) in [4.78, 5) is 50.2. The van der Waals surface area contributed by atoms with Crippen LogP contribution in [0.5, 0.6) is 0 Å². The number of nitrogens with one attached hydrogen (secondary N) is 1. The lowest BCUT2D eigenvalue weighted by Gasteiger charge is -2.31. The maximum absolute atomic E-state index is 12.9. The summed E-state index contributed by atoms with van der Waals surface area (Å²) in [6, 6.07) is 3.45. The van der Waals surface area contributed by atoms with Gasteiger partial charge in [-0.05, 0) is 30.7 Å². The first kappa shape index (κ1) is 19.8. The van der Waals surface area contributed by atoms with Crippen molar-refractivity contribution in [3.8, 4) is 0 Å². The van der Waals surface area contributed by atoms with E-state index in [0.717, 1.165) is 12.8 Å². The van der Waals surface area contributed by atoms with Crippen molar-refractivity contribution in [2.75, 3.05) is 13.1 Å². The Labute approximate surface area is 173 Å². The summed E-state index contributed by atoms with van der Waals surface area (Å²) in [6.45, 7) is 7.21. The summed E-state index contributed by atoms with van der Waals surface area (Å²) in [7, 11) is 0.